The number of anilines is 1. The molecule has 134 valence electrons. The molecule has 0 saturated carbocycles. The maximum Gasteiger partial charge on any atom is 0.266 e. The van der Waals surface area contributed by atoms with Crippen molar-refractivity contribution in [3.63, 3.8) is 0 Å². The standard InChI is InChI=1S/C17H15Cl2N5O2/c18-11-4-3-10-13(23-7-5-20-9-23)8-14(21-16(10)15(11)19)24-6-1-2-12(24)17(25)22-26/h3-5,7-9,12,26H,1-2,6H2,(H,22,25)/t12-/m0/s1. The highest BCUT2D eigenvalue weighted by molar-refractivity contribution is 6.45. The average Bonchev–Trinajstić information content (AvgIpc) is 3.35. The number of hydroxylamine groups is 1. The Balaban J connectivity index is 1.93. The highest BCUT2D eigenvalue weighted by Gasteiger charge is 2.32. The third-order valence-corrected chi connectivity index (χ3v) is 5.37. The monoisotopic (exact) mass is 391 g/mol. The van der Waals surface area contributed by atoms with Gasteiger partial charge in [0, 0.05) is 30.4 Å². The largest absolute Gasteiger partial charge is 0.344 e. The molecule has 1 aliphatic heterocycles. The van der Waals surface area contributed by atoms with Crippen LogP contribution >= 0.6 is 23.2 Å². The lowest BCUT2D eigenvalue weighted by molar-refractivity contribution is -0.130. The highest BCUT2D eigenvalue weighted by atomic mass is 35.5. The van der Waals surface area contributed by atoms with Gasteiger partial charge in [-0.3, -0.25) is 10.0 Å². The van der Waals surface area contributed by atoms with Crippen LogP contribution in [0.5, 0.6) is 0 Å². The second-order valence-electron chi connectivity index (χ2n) is 6.05. The van der Waals surface area contributed by atoms with Crippen LogP contribution in [0, 0.1) is 0 Å². The van der Waals surface area contributed by atoms with E-state index in [4.69, 9.17) is 28.4 Å². The first-order chi connectivity index (χ1) is 12.6. The Labute approximate surface area is 159 Å². The third kappa shape index (κ3) is 2.78. The van der Waals surface area contributed by atoms with Crippen LogP contribution in [0.1, 0.15) is 12.8 Å². The van der Waals surface area contributed by atoms with E-state index in [9.17, 15) is 4.79 Å². The Morgan fingerprint density at radius 1 is 1.35 bits per heavy atom. The number of amides is 1. The van der Waals surface area contributed by atoms with Crippen molar-refractivity contribution in [1.82, 2.24) is 20.0 Å². The van der Waals surface area contributed by atoms with E-state index in [1.807, 2.05) is 27.8 Å². The van der Waals surface area contributed by atoms with Gasteiger partial charge in [0.25, 0.3) is 5.91 Å². The third-order valence-electron chi connectivity index (χ3n) is 4.58. The summed E-state index contributed by atoms with van der Waals surface area (Å²) in [6.07, 6.45) is 6.64. The van der Waals surface area contributed by atoms with Crippen LogP contribution < -0.4 is 10.4 Å². The maximum atomic E-state index is 12.0. The van der Waals surface area contributed by atoms with Crippen molar-refractivity contribution in [3.05, 3.63) is 47.0 Å². The summed E-state index contributed by atoms with van der Waals surface area (Å²) in [7, 11) is 0. The SMILES string of the molecule is O=C(NO)[C@@H]1CCCN1c1cc(-n2ccnc2)c2ccc(Cl)c(Cl)c2n1. The quantitative estimate of drug-likeness (QED) is 0.528. The van der Waals surface area contributed by atoms with E-state index in [1.165, 1.54) is 0 Å². The minimum Gasteiger partial charge on any atom is -0.344 e. The summed E-state index contributed by atoms with van der Waals surface area (Å²) in [6.45, 7) is 0.651. The van der Waals surface area contributed by atoms with E-state index in [0.29, 0.717) is 34.3 Å². The van der Waals surface area contributed by atoms with Crippen molar-refractivity contribution in [2.24, 2.45) is 0 Å². The van der Waals surface area contributed by atoms with E-state index in [2.05, 4.69) is 9.97 Å². The molecule has 9 heteroatoms. The molecule has 4 rings (SSSR count). The summed E-state index contributed by atoms with van der Waals surface area (Å²) >= 11 is 12.6. The van der Waals surface area contributed by atoms with Crippen LogP contribution in [-0.4, -0.2) is 38.2 Å². The first kappa shape index (κ1) is 17.1. The lowest BCUT2D eigenvalue weighted by Crippen LogP contribution is -2.42. The number of hydrogen-bond donors (Lipinski definition) is 2. The van der Waals surface area contributed by atoms with Gasteiger partial charge >= 0.3 is 0 Å². The van der Waals surface area contributed by atoms with Gasteiger partial charge in [0.05, 0.1) is 27.6 Å². The van der Waals surface area contributed by atoms with Crippen LogP contribution in [0.25, 0.3) is 16.6 Å². The van der Waals surface area contributed by atoms with Crippen LogP contribution in [0.3, 0.4) is 0 Å². The number of aromatic nitrogens is 3. The van der Waals surface area contributed by atoms with Crippen LogP contribution in [0.15, 0.2) is 36.9 Å². The molecule has 0 spiro atoms. The number of pyridine rings is 1. The van der Waals surface area contributed by atoms with Gasteiger partial charge in [-0.15, -0.1) is 0 Å². The molecule has 0 radical (unpaired) electrons. The second kappa shape index (κ2) is 6.75. The Bertz CT molecular complexity index is 977. The van der Waals surface area contributed by atoms with Crippen molar-refractivity contribution < 1.29 is 10.0 Å². The Morgan fingerprint density at radius 2 is 2.19 bits per heavy atom. The molecule has 0 bridgehead atoms. The summed E-state index contributed by atoms with van der Waals surface area (Å²) in [4.78, 5) is 22.6. The van der Waals surface area contributed by atoms with Gasteiger partial charge < -0.3 is 9.47 Å². The van der Waals surface area contributed by atoms with Crippen molar-refractivity contribution in [1.29, 1.82) is 0 Å². The highest BCUT2D eigenvalue weighted by Crippen LogP contribution is 2.36. The topological polar surface area (TPSA) is 83.3 Å². The fraction of sp³-hybridized carbons (Fsp3) is 0.235. The zero-order chi connectivity index (χ0) is 18.3. The molecular weight excluding hydrogens is 377 g/mol. The second-order valence-corrected chi connectivity index (χ2v) is 6.84. The summed E-state index contributed by atoms with van der Waals surface area (Å²) in [5.41, 5.74) is 3.12. The number of nitrogens with zero attached hydrogens (tertiary/aromatic N) is 4. The minimum absolute atomic E-state index is 0.356. The molecule has 1 atom stereocenters. The van der Waals surface area contributed by atoms with Crippen LogP contribution in [0.4, 0.5) is 5.82 Å². The van der Waals surface area contributed by atoms with Gasteiger partial charge in [0.15, 0.2) is 0 Å². The molecule has 1 aliphatic rings. The van der Waals surface area contributed by atoms with Gasteiger partial charge in [0.1, 0.15) is 11.9 Å². The molecule has 2 aromatic heterocycles. The first-order valence-electron chi connectivity index (χ1n) is 8.08. The van der Waals surface area contributed by atoms with Crippen molar-refractivity contribution >= 4 is 45.8 Å². The van der Waals surface area contributed by atoms with Gasteiger partial charge in [-0.1, -0.05) is 23.2 Å². The fourth-order valence-corrected chi connectivity index (χ4v) is 3.71. The molecule has 0 aliphatic carbocycles. The summed E-state index contributed by atoms with van der Waals surface area (Å²) < 4.78 is 1.86. The van der Waals surface area contributed by atoms with Gasteiger partial charge in [-0.05, 0) is 25.0 Å². The normalized spacial score (nSPS) is 17.0. The Morgan fingerprint density at radius 3 is 2.92 bits per heavy atom. The van der Waals surface area contributed by atoms with E-state index in [1.54, 1.807) is 24.1 Å². The zero-order valence-electron chi connectivity index (χ0n) is 13.6. The molecule has 3 aromatic rings. The molecule has 3 heterocycles. The molecule has 1 aromatic carbocycles. The number of benzene rings is 1. The number of fused-ring (bicyclic) bond motifs is 1. The van der Waals surface area contributed by atoms with Crippen LogP contribution in [-0.2, 0) is 4.79 Å². The molecule has 1 amide bonds. The minimum atomic E-state index is -0.487. The first-order valence-corrected chi connectivity index (χ1v) is 8.83. The summed E-state index contributed by atoms with van der Waals surface area (Å²) in [6, 6.07) is 4.99. The van der Waals surface area contributed by atoms with Gasteiger partial charge in [-0.25, -0.2) is 15.4 Å². The maximum absolute atomic E-state index is 12.0. The lowest BCUT2D eigenvalue weighted by Gasteiger charge is -2.25. The fourth-order valence-electron chi connectivity index (χ4n) is 3.35. The molecule has 7 nitrogen and oxygen atoms in total. The predicted octanol–water partition coefficient (Wildman–Crippen LogP) is 3.20. The number of carbonyl (C=O) groups excluding carboxylic acids is 1. The zero-order valence-corrected chi connectivity index (χ0v) is 15.1. The summed E-state index contributed by atoms with van der Waals surface area (Å²) in [5.74, 6) is 0.141. The predicted molar refractivity (Wildman–Crippen MR) is 99.2 cm³/mol. The van der Waals surface area contributed by atoms with E-state index in [0.717, 1.165) is 17.5 Å². The molecule has 1 fully saturated rings. The van der Waals surface area contributed by atoms with Crippen molar-refractivity contribution in [3.8, 4) is 5.69 Å². The van der Waals surface area contributed by atoms with E-state index < -0.39 is 11.9 Å². The smallest absolute Gasteiger partial charge is 0.266 e. The Kier molecular flexibility index (Phi) is 4.44. The van der Waals surface area contributed by atoms with Crippen LogP contribution in [0.2, 0.25) is 10.0 Å². The average molecular weight is 392 g/mol. The van der Waals surface area contributed by atoms with Gasteiger partial charge in [-0.2, -0.15) is 0 Å². The number of rotatable bonds is 3. The van der Waals surface area contributed by atoms with Gasteiger partial charge in [0.2, 0.25) is 0 Å². The van der Waals surface area contributed by atoms with E-state index >= 15 is 0 Å². The molecular formula is C17H15Cl2N5O2. The van der Waals surface area contributed by atoms with E-state index in [-0.39, 0.29) is 0 Å². The van der Waals surface area contributed by atoms with Crippen molar-refractivity contribution in [2.75, 3.05) is 11.4 Å². The molecule has 0 unspecified atom stereocenters. The molecule has 26 heavy (non-hydrogen) atoms. The van der Waals surface area contributed by atoms with Crippen molar-refractivity contribution in [2.45, 2.75) is 18.9 Å². The number of halogens is 2. The number of carbonyl (C=O) groups is 1. The summed E-state index contributed by atoms with van der Waals surface area (Å²) in [5, 5.41) is 10.6. The molecule has 2 N–H and O–H groups in total. The number of imidazole rings is 1. The Hall–Kier alpha value is -2.35. The molecule has 1 saturated heterocycles. The number of hydrogen-bond acceptors (Lipinski definition) is 5. The lowest BCUT2D eigenvalue weighted by atomic mass is 10.1. The number of nitrogens with one attached hydrogen (secondary N) is 1.